The van der Waals surface area contributed by atoms with E-state index in [1.807, 2.05) is 30.3 Å². The van der Waals surface area contributed by atoms with Crippen molar-refractivity contribution in [2.75, 3.05) is 0 Å². The number of carbonyl (C=O) groups excluding carboxylic acids is 1. The van der Waals surface area contributed by atoms with Crippen LogP contribution in [0.4, 0.5) is 8.78 Å². The van der Waals surface area contributed by atoms with Crippen molar-refractivity contribution in [3.8, 4) is 0 Å². The molecular formula is C15H10F2O. The largest absolute Gasteiger partial charge is 0.289 e. The molecule has 90 valence electrons. The number of hydrogen-bond donors (Lipinski definition) is 0. The van der Waals surface area contributed by atoms with Crippen molar-refractivity contribution >= 4 is 11.9 Å². The summed E-state index contributed by atoms with van der Waals surface area (Å²) < 4.78 is 25.9. The summed E-state index contributed by atoms with van der Waals surface area (Å²) in [6, 6.07) is 12.0. The molecule has 0 fully saturated rings. The molecule has 0 aliphatic carbocycles. The molecule has 2 aromatic rings. The van der Waals surface area contributed by atoms with E-state index in [1.54, 1.807) is 6.08 Å². The van der Waals surface area contributed by atoms with Gasteiger partial charge in [-0.2, -0.15) is 0 Å². The maximum atomic E-state index is 12.9. The number of rotatable bonds is 3. The van der Waals surface area contributed by atoms with Crippen LogP contribution in [0.2, 0.25) is 0 Å². The smallest absolute Gasteiger partial charge is 0.186 e. The number of ketones is 1. The molecule has 2 aromatic carbocycles. The average molecular weight is 244 g/mol. The molecule has 0 aromatic heterocycles. The monoisotopic (exact) mass is 244 g/mol. The van der Waals surface area contributed by atoms with Gasteiger partial charge in [-0.05, 0) is 23.8 Å². The zero-order valence-electron chi connectivity index (χ0n) is 9.44. The Hall–Kier alpha value is -2.29. The Bertz CT molecular complexity index is 568. The van der Waals surface area contributed by atoms with Crippen LogP contribution in [0.5, 0.6) is 0 Å². The van der Waals surface area contributed by atoms with Crippen LogP contribution in [-0.2, 0) is 0 Å². The van der Waals surface area contributed by atoms with Crippen molar-refractivity contribution in [1.29, 1.82) is 0 Å². The zero-order valence-corrected chi connectivity index (χ0v) is 9.44. The third-order valence-corrected chi connectivity index (χ3v) is 2.37. The van der Waals surface area contributed by atoms with Gasteiger partial charge in [0, 0.05) is 11.6 Å². The lowest BCUT2D eigenvalue weighted by Gasteiger charge is -1.97. The molecule has 0 amide bonds. The summed E-state index contributed by atoms with van der Waals surface area (Å²) >= 11 is 0. The highest BCUT2D eigenvalue weighted by atomic mass is 19.1. The van der Waals surface area contributed by atoms with Crippen molar-refractivity contribution in [1.82, 2.24) is 0 Å². The highest BCUT2D eigenvalue weighted by Gasteiger charge is 2.06. The van der Waals surface area contributed by atoms with Crippen LogP contribution in [-0.4, -0.2) is 5.78 Å². The predicted molar refractivity (Wildman–Crippen MR) is 66.2 cm³/mol. The third-order valence-electron chi connectivity index (χ3n) is 2.37. The Morgan fingerprint density at radius 2 is 1.56 bits per heavy atom. The lowest BCUT2D eigenvalue weighted by molar-refractivity contribution is 0.104. The minimum absolute atomic E-state index is 0.000295. The van der Waals surface area contributed by atoms with Gasteiger partial charge in [0.1, 0.15) is 11.6 Å². The Kier molecular flexibility index (Phi) is 3.63. The SMILES string of the molecule is O=C(/C=C/c1ccccc1)c1cc(F)cc(F)c1. The van der Waals surface area contributed by atoms with E-state index in [2.05, 4.69) is 0 Å². The standard InChI is InChI=1S/C15H10F2O/c16-13-8-12(9-14(17)10-13)15(18)7-6-11-4-2-1-3-5-11/h1-10H/b7-6+. The molecular weight excluding hydrogens is 234 g/mol. The van der Waals surface area contributed by atoms with E-state index in [0.717, 1.165) is 23.8 Å². The van der Waals surface area contributed by atoms with Gasteiger partial charge in [-0.25, -0.2) is 8.78 Å². The van der Waals surface area contributed by atoms with Crippen molar-refractivity contribution in [3.63, 3.8) is 0 Å². The summed E-state index contributed by atoms with van der Waals surface area (Å²) in [6.07, 6.45) is 2.90. The van der Waals surface area contributed by atoms with Crippen LogP contribution < -0.4 is 0 Å². The molecule has 1 nitrogen and oxygen atoms in total. The summed E-state index contributed by atoms with van der Waals surface area (Å²) in [5.41, 5.74) is 0.849. The Balaban J connectivity index is 2.20. The first-order valence-electron chi connectivity index (χ1n) is 5.39. The van der Waals surface area contributed by atoms with Crippen molar-refractivity contribution in [2.24, 2.45) is 0 Å². The van der Waals surface area contributed by atoms with Gasteiger partial charge in [0.15, 0.2) is 5.78 Å². The maximum absolute atomic E-state index is 12.9. The van der Waals surface area contributed by atoms with E-state index in [0.29, 0.717) is 0 Å². The molecule has 0 saturated carbocycles. The number of benzene rings is 2. The molecule has 0 atom stereocenters. The van der Waals surface area contributed by atoms with Gasteiger partial charge in [-0.15, -0.1) is 0 Å². The van der Waals surface area contributed by atoms with Crippen molar-refractivity contribution in [2.45, 2.75) is 0 Å². The van der Waals surface area contributed by atoms with E-state index < -0.39 is 17.4 Å². The first-order chi connectivity index (χ1) is 8.65. The molecule has 0 saturated heterocycles. The Labute approximate surface area is 103 Å². The quantitative estimate of drug-likeness (QED) is 0.592. The molecule has 0 radical (unpaired) electrons. The van der Waals surface area contributed by atoms with E-state index in [-0.39, 0.29) is 5.56 Å². The maximum Gasteiger partial charge on any atom is 0.186 e. The molecule has 0 unspecified atom stereocenters. The fraction of sp³-hybridized carbons (Fsp3) is 0. The predicted octanol–water partition coefficient (Wildman–Crippen LogP) is 3.86. The molecule has 18 heavy (non-hydrogen) atoms. The molecule has 3 heteroatoms. The van der Waals surface area contributed by atoms with E-state index in [4.69, 9.17) is 0 Å². The second-order valence-electron chi connectivity index (χ2n) is 3.77. The van der Waals surface area contributed by atoms with E-state index in [9.17, 15) is 13.6 Å². The lowest BCUT2D eigenvalue weighted by Crippen LogP contribution is -1.96. The molecule has 2 rings (SSSR count). The molecule has 0 heterocycles. The number of carbonyl (C=O) groups is 1. The Morgan fingerprint density at radius 3 is 2.17 bits per heavy atom. The summed E-state index contributed by atoms with van der Waals surface area (Å²) in [6.45, 7) is 0. The van der Waals surface area contributed by atoms with Gasteiger partial charge in [0.25, 0.3) is 0 Å². The van der Waals surface area contributed by atoms with Gasteiger partial charge in [-0.1, -0.05) is 36.4 Å². The van der Waals surface area contributed by atoms with Crippen molar-refractivity contribution < 1.29 is 13.6 Å². The summed E-state index contributed by atoms with van der Waals surface area (Å²) in [4.78, 5) is 11.7. The number of allylic oxidation sites excluding steroid dienone is 1. The average Bonchev–Trinajstić information content (AvgIpc) is 2.36. The van der Waals surface area contributed by atoms with Gasteiger partial charge in [0.2, 0.25) is 0 Å². The highest BCUT2D eigenvalue weighted by molar-refractivity contribution is 6.06. The first kappa shape index (κ1) is 12.2. The van der Waals surface area contributed by atoms with Crippen LogP contribution >= 0.6 is 0 Å². The van der Waals surface area contributed by atoms with Gasteiger partial charge >= 0.3 is 0 Å². The molecule has 0 aliphatic rings. The highest BCUT2D eigenvalue weighted by Crippen LogP contribution is 2.10. The van der Waals surface area contributed by atoms with Gasteiger partial charge < -0.3 is 0 Å². The molecule has 0 aliphatic heterocycles. The van der Waals surface area contributed by atoms with Crippen LogP contribution in [0.25, 0.3) is 6.08 Å². The molecule has 0 bridgehead atoms. The van der Waals surface area contributed by atoms with Crippen LogP contribution in [0.1, 0.15) is 15.9 Å². The lowest BCUT2D eigenvalue weighted by atomic mass is 10.1. The first-order valence-corrected chi connectivity index (χ1v) is 5.39. The van der Waals surface area contributed by atoms with Crippen molar-refractivity contribution in [3.05, 3.63) is 77.4 Å². The minimum atomic E-state index is -0.758. The Morgan fingerprint density at radius 1 is 0.944 bits per heavy atom. The van der Waals surface area contributed by atoms with Crippen LogP contribution in [0.3, 0.4) is 0 Å². The van der Waals surface area contributed by atoms with E-state index >= 15 is 0 Å². The normalized spacial score (nSPS) is 10.8. The minimum Gasteiger partial charge on any atom is -0.289 e. The second-order valence-corrected chi connectivity index (χ2v) is 3.77. The van der Waals surface area contributed by atoms with Crippen LogP contribution in [0.15, 0.2) is 54.6 Å². The van der Waals surface area contributed by atoms with Crippen LogP contribution in [0, 0.1) is 11.6 Å². The fourth-order valence-corrected chi connectivity index (χ4v) is 1.53. The number of halogens is 2. The van der Waals surface area contributed by atoms with E-state index in [1.165, 1.54) is 6.08 Å². The second kappa shape index (κ2) is 5.36. The topological polar surface area (TPSA) is 17.1 Å². The molecule has 0 N–H and O–H groups in total. The number of hydrogen-bond acceptors (Lipinski definition) is 1. The fourth-order valence-electron chi connectivity index (χ4n) is 1.53. The molecule has 0 spiro atoms. The zero-order chi connectivity index (χ0) is 13.0. The third kappa shape index (κ3) is 3.10. The summed E-state index contributed by atoms with van der Waals surface area (Å²) in [5.74, 6) is -1.95. The van der Waals surface area contributed by atoms with Gasteiger partial charge in [0.05, 0.1) is 0 Å². The summed E-state index contributed by atoms with van der Waals surface area (Å²) in [5, 5.41) is 0. The van der Waals surface area contributed by atoms with Gasteiger partial charge in [-0.3, -0.25) is 4.79 Å². The summed E-state index contributed by atoms with van der Waals surface area (Å²) in [7, 11) is 0.